The molecule has 2 aromatic heterocycles. The number of rotatable bonds is 2. The predicted octanol–water partition coefficient (Wildman–Crippen LogP) is 3.11. The van der Waals surface area contributed by atoms with Gasteiger partial charge in [0, 0.05) is 5.69 Å². The molecule has 0 amide bonds. The van der Waals surface area contributed by atoms with Crippen LogP contribution >= 0.6 is 11.6 Å². The Bertz CT molecular complexity index is 602. The van der Waals surface area contributed by atoms with Crippen molar-refractivity contribution in [1.29, 1.82) is 0 Å². The number of aromatic nitrogens is 4. The summed E-state index contributed by atoms with van der Waals surface area (Å²) in [6, 6.07) is 0. The Labute approximate surface area is 112 Å². The van der Waals surface area contributed by atoms with E-state index in [4.69, 9.17) is 11.6 Å². The van der Waals surface area contributed by atoms with Crippen LogP contribution in [0.15, 0.2) is 0 Å². The van der Waals surface area contributed by atoms with Crippen molar-refractivity contribution < 1.29 is 0 Å². The van der Waals surface area contributed by atoms with Crippen molar-refractivity contribution in [2.45, 2.75) is 41.0 Å². The largest absolute Gasteiger partial charge is 0.236 e. The summed E-state index contributed by atoms with van der Waals surface area (Å²) in [6.07, 6.45) is 0.952. The van der Waals surface area contributed by atoms with E-state index in [2.05, 4.69) is 22.0 Å². The summed E-state index contributed by atoms with van der Waals surface area (Å²) in [4.78, 5) is 8.80. The Hall–Kier alpha value is -1.42. The minimum absolute atomic E-state index is 0.395. The van der Waals surface area contributed by atoms with E-state index in [1.807, 2.05) is 27.7 Å². The fourth-order valence-electron chi connectivity index (χ4n) is 2.09. The van der Waals surface area contributed by atoms with Gasteiger partial charge in [-0.15, -0.1) is 0 Å². The standard InChI is InChI=1S/C13H17ClN4/c1-6-11-9(4)17-18(10(11)5)13-12(14)15-7(2)8(3)16-13/h6H2,1-5H3. The molecule has 18 heavy (non-hydrogen) atoms. The van der Waals surface area contributed by atoms with Gasteiger partial charge in [0.1, 0.15) is 0 Å². The Morgan fingerprint density at radius 3 is 2.17 bits per heavy atom. The van der Waals surface area contributed by atoms with E-state index in [9.17, 15) is 0 Å². The van der Waals surface area contributed by atoms with Crippen molar-refractivity contribution in [2.75, 3.05) is 0 Å². The van der Waals surface area contributed by atoms with E-state index >= 15 is 0 Å². The molecule has 0 aliphatic rings. The molecular weight excluding hydrogens is 248 g/mol. The zero-order valence-electron chi connectivity index (χ0n) is 11.4. The minimum Gasteiger partial charge on any atom is -0.236 e. The van der Waals surface area contributed by atoms with Crippen LogP contribution < -0.4 is 0 Å². The first-order valence-electron chi connectivity index (χ1n) is 6.01. The summed E-state index contributed by atoms with van der Waals surface area (Å²) in [5, 5.41) is 4.91. The first-order chi connectivity index (χ1) is 8.45. The molecule has 0 atom stereocenters. The second kappa shape index (κ2) is 4.69. The molecule has 0 aliphatic heterocycles. The normalized spacial score (nSPS) is 11.0. The summed E-state index contributed by atoms with van der Waals surface area (Å²) in [7, 11) is 0. The number of nitrogens with zero attached hydrogens (tertiary/aromatic N) is 4. The zero-order chi connectivity index (χ0) is 13.4. The molecule has 0 N–H and O–H groups in total. The maximum Gasteiger partial charge on any atom is 0.191 e. The zero-order valence-corrected chi connectivity index (χ0v) is 12.1. The van der Waals surface area contributed by atoms with Crippen LogP contribution in [0.2, 0.25) is 5.15 Å². The fourth-order valence-corrected chi connectivity index (χ4v) is 2.34. The second-order valence-corrected chi connectivity index (χ2v) is 4.78. The van der Waals surface area contributed by atoms with Gasteiger partial charge in [0.2, 0.25) is 0 Å². The van der Waals surface area contributed by atoms with Gasteiger partial charge in [0.25, 0.3) is 0 Å². The van der Waals surface area contributed by atoms with Crippen LogP contribution in [0.1, 0.15) is 35.3 Å². The number of hydrogen-bond donors (Lipinski definition) is 0. The molecule has 2 rings (SSSR count). The third-order valence-electron chi connectivity index (χ3n) is 3.24. The molecule has 0 aliphatic carbocycles. The summed E-state index contributed by atoms with van der Waals surface area (Å²) in [6.45, 7) is 9.98. The predicted molar refractivity (Wildman–Crippen MR) is 72.5 cm³/mol. The number of halogens is 1. The second-order valence-electron chi connectivity index (χ2n) is 4.42. The van der Waals surface area contributed by atoms with Crippen LogP contribution in [-0.4, -0.2) is 19.7 Å². The van der Waals surface area contributed by atoms with Crippen molar-refractivity contribution in [2.24, 2.45) is 0 Å². The van der Waals surface area contributed by atoms with Gasteiger partial charge in [0.05, 0.1) is 17.1 Å². The van der Waals surface area contributed by atoms with Gasteiger partial charge in [-0.3, -0.25) is 0 Å². The Morgan fingerprint density at radius 1 is 1.00 bits per heavy atom. The maximum atomic E-state index is 6.18. The fraction of sp³-hybridized carbons (Fsp3) is 0.462. The lowest BCUT2D eigenvalue weighted by Crippen LogP contribution is -2.07. The molecule has 2 heterocycles. The average molecular weight is 265 g/mol. The van der Waals surface area contributed by atoms with Gasteiger partial charge in [0.15, 0.2) is 11.0 Å². The van der Waals surface area contributed by atoms with Gasteiger partial charge < -0.3 is 0 Å². The van der Waals surface area contributed by atoms with Crippen LogP contribution in [0.4, 0.5) is 0 Å². The SMILES string of the molecule is CCc1c(C)nn(-c2nc(C)c(C)nc2Cl)c1C. The van der Waals surface area contributed by atoms with E-state index in [1.165, 1.54) is 5.56 Å². The molecule has 0 radical (unpaired) electrons. The van der Waals surface area contributed by atoms with Crippen LogP contribution in [0.25, 0.3) is 5.82 Å². The molecule has 4 nitrogen and oxygen atoms in total. The first kappa shape index (κ1) is 13.0. The molecule has 0 bridgehead atoms. The van der Waals surface area contributed by atoms with Gasteiger partial charge in [-0.2, -0.15) is 5.10 Å². The molecule has 5 heteroatoms. The van der Waals surface area contributed by atoms with Crippen molar-refractivity contribution >= 4 is 11.6 Å². The van der Waals surface area contributed by atoms with Crippen molar-refractivity contribution in [3.8, 4) is 5.82 Å². The van der Waals surface area contributed by atoms with Crippen LogP contribution in [0.3, 0.4) is 0 Å². The summed E-state index contributed by atoms with van der Waals surface area (Å²) in [5.74, 6) is 0.611. The maximum absolute atomic E-state index is 6.18. The number of hydrogen-bond acceptors (Lipinski definition) is 3. The van der Waals surface area contributed by atoms with E-state index in [1.54, 1.807) is 4.68 Å². The lowest BCUT2D eigenvalue weighted by molar-refractivity contribution is 0.789. The van der Waals surface area contributed by atoms with Crippen LogP contribution in [-0.2, 0) is 6.42 Å². The highest BCUT2D eigenvalue weighted by atomic mass is 35.5. The van der Waals surface area contributed by atoms with Crippen molar-refractivity contribution in [3.63, 3.8) is 0 Å². The topological polar surface area (TPSA) is 43.6 Å². The Balaban J connectivity index is 2.66. The lowest BCUT2D eigenvalue weighted by atomic mass is 10.1. The van der Waals surface area contributed by atoms with Gasteiger partial charge in [-0.05, 0) is 39.7 Å². The molecule has 96 valence electrons. The molecule has 0 unspecified atom stereocenters. The Kier molecular flexibility index (Phi) is 3.39. The highest BCUT2D eigenvalue weighted by molar-refractivity contribution is 6.30. The van der Waals surface area contributed by atoms with Crippen molar-refractivity contribution in [1.82, 2.24) is 19.7 Å². The van der Waals surface area contributed by atoms with E-state index in [0.29, 0.717) is 11.0 Å². The lowest BCUT2D eigenvalue weighted by Gasteiger charge is -2.08. The number of aryl methyl sites for hydroxylation is 3. The van der Waals surface area contributed by atoms with Gasteiger partial charge in [-0.1, -0.05) is 18.5 Å². The molecule has 0 saturated heterocycles. The average Bonchev–Trinajstić information content (AvgIpc) is 2.59. The smallest absolute Gasteiger partial charge is 0.191 e. The minimum atomic E-state index is 0.395. The Morgan fingerprint density at radius 2 is 1.61 bits per heavy atom. The molecule has 0 aromatic carbocycles. The third-order valence-corrected chi connectivity index (χ3v) is 3.50. The quantitative estimate of drug-likeness (QED) is 0.837. The molecule has 2 aromatic rings. The highest BCUT2D eigenvalue weighted by Gasteiger charge is 2.16. The van der Waals surface area contributed by atoms with Crippen LogP contribution in [0, 0.1) is 27.7 Å². The summed E-state index contributed by atoms with van der Waals surface area (Å²) < 4.78 is 1.79. The molecule has 0 saturated carbocycles. The van der Waals surface area contributed by atoms with E-state index < -0.39 is 0 Å². The molecular formula is C13H17ClN4. The van der Waals surface area contributed by atoms with Gasteiger partial charge >= 0.3 is 0 Å². The highest BCUT2D eigenvalue weighted by Crippen LogP contribution is 2.22. The summed E-state index contributed by atoms with van der Waals surface area (Å²) in [5.41, 5.74) is 5.06. The third kappa shape index (κ3) is 2.01. The first-order valence-corrected chi connectivity index (χ1v) is 6.39. The molecule has 0 fully saturated rings. The van der Waals surface area contributed by atoms with E-state index in [-0.39, 0.29) is 0 Å². The van der Waals surface area contributed by atoms with Crippen LogP contribution in [0.5, 0.6) is 0 Å². The summed E-state index contributed by atoms with van der Waals surface area (Å²) >= 11 is 6.18. The van der Waals surface area contributed by atoms with E-state index in [0.717, 1.165) is 29.2 Å². The van der Waals surface area contributed by atoms with Crippen molar-refractivity contribution in [3.05, 3.63) is 33.5 Å². The monoisotopic (exact) mass is 264 g/mol. The molecule has 0 spiro atoms. The van der Waals surface area contributed by atoms with Gasteiger partial charge in [-0.25, -0.2) is 14.6 Å².